The molecule has 0 saturated carbocycles. The largest absolute Gasteiger partial charge is 0.432 e. The Hall–Kier alpha value is -2.08. The molecule has 1 rings (SSSR count). The highest BCUT2D eigenvalue weighted by molar-refractivity contribution is 5.93. The van der Waals surface area contributed by atoms with Gasteiger partial charge in [-0.25, -0.2) is 9.59 Å². The number of hydrogen-bond donors (Lipinski definition) is 0. The number of rotatable bonds is 28. The topological polar surface area (TPSA) is 108 Å². The van der Waals surface area contributed by atoms with E-state index in [9.17, 15) is 9.59 Å². The molecule has 0 spiro atoms. The van der Waals surface area contributed by atoms with Crippen LogP contribution in [0.25, 0.3) is 0 Å². The fourth-order valence-electron chi connectivity index (χ4n) is 4.70. The maximum Gasteiger partial charge on any atom is 0.340 e. The van der Waals surface area contributed by atoms with Crippen LogP contribution in [0.15, 0.2) is 24.3 Å². The average molecular weight is 655 g/mol. The Morgan fingerprint density at radius 3 is 1.26 bits per heavy atom. The van der Waals surface area contributed by atoms with E-state index in [-0.39, 0.29) is 11.1 Å². The minimum Gasteiger partial charge on any atom is -0.432 e. The molecule has 6 atom stereocenters. The first-order valence-corrected chi connectivity index (χ1v) is 17.3. The number of carbonyl (C=O) groups is 2. The van der Waals surface area contributed by atoms with Crippen molar-refractivity contribution in [1.29, 1.82) is 0 Å². The first-order valence-electron chi connectivity index (χ1n) is 17.3. The zero-order valence-electron chi connectivity index (χ0n) is 29.8. The highest BCUT2D eigenvalue weighted by Crippen LogP contribution is 2.15. The predicted molar refractivity (Wildman–Crippen MR) is 177 cm³/mol. The van der Waals surface area contributed by atoms with Gasteiger partial charge in [0.1, 0.15) is 0 Å². The number of esters is 2. The third kappa shape index (κ3) is 19.6. The van der Waals surface area contributed by atoms with E-state index < -0.39 is 37.1 Å². The van der Waals surface area contributed by atoms with Gasteiger partial charge in [-0.1, -0.05) is 66.2 Å². The molecule has 0 fully saturated rings. The van der Waals surface area contributed by atoms with Crippen LogP contribution in [0, 0.1) is 11.8 Å². The van der Waals surface area contributed by atoms with E-state index in [0.717, 1.165) is 26.1 Å². The van der Waals surface area contributed by atoms with Crippen LogP contribution in [0.1, 0.15) is 127 Å². The summed E-state index contributed by atoms with van der Waals surface area (Å²) in [4.78, 5) is 25.2. The van der Waals surface area contributed by atoms with E-state index in [0.29, 0.717) is 38.3 Å². The fraction of sp³-hybridized carbons (Fsp3) is 0.778. The lowest BCUT2D eigenvalue weighted by atomic mass is 10.0. The van der Waals surface area contributed by atoms with Gasteiger partial charge in [0.05, 0.1) is 37.6 Å². The van der Waals surface area contributed by atoms with Crippen LogP contribution in [0.2, 0.25) is 0 Å². The molecule has 0 N–H and O–H groups in total. The molecule has 0 aliphatic rings. The molecule has 0 saturated heterocycles. The zero-order valence-corrected chi connectivity index (χ0v) is 29.8. The van der Waals surface area contributed by atoms with Gasteiger partial charge in [-0.3, -0.25) is 0 Å². The maximum atomic E-state index is 12.6. The van der Waals surface area contributed by atoms with Gasteiger partial charge in [0, 0.05) is 13.2 Å². The van der Waals surface area contributed by atoms with Gasteiger partial charge in [-0.15, -0.1) is 0 Å². The summed E-state index contributed by atoms with van der Waals surface area (Å²) in [7, 11) is 0. The van der Waals surface area contributed by atoms with Crippen LogP contribution in [-0.2, 0) is 37.9 Å². The van der Waals surface area contributed by atoms with Crippen molar-refractivity contribution >= 4 is 11.9 Å². The molecule has 10 nitrogen and oxygen atoms in total. The summed E-state index contributed by atoms with van der Waals surface area (Å²) in [5.74, 6) is -0.0143. The van der Waals surface area contributed by atoms with Crippen LogP contribution >= 0.6 is 0 Å². The molecule has 0 heterocycles. The van der Waals surface area contributed by atoms with E-state index in [2.05, 4.69) is 27.7 Å². The Morgan fingerprint density at radius 2 is 0.935 bits per heavy atom. The molecule has 1 aromatic rings. The van der Waals surface area contributed by atoms with Gasteiger partial charge in [0.2, 0.25) is 12.6 Å². The Bertz CT molecular complexity index is 836. The van der Waals surface area contributed by atoms with Crippen LogP contribution < -0.4 is 0 Å². The second-order valence-electron chi connectivity index (χ2n) is 11.7. The maximum absolute atomic E-state index is 12.6. The second-order valence-corrected chi connectivity index (χ2v) is 11.7. The Morgan fingerprint density at radius 1 is 0.565 bits per heavy atom. The number of carbonyl (C=O) groups excluding carboxylic acids is 2. The predicted octanol–water partition coefficient (Wildman–Crippen LogP) is 7.92. The first-order chi connectivity index (χ1) is 22.1. The van der Waals surface area contributed by atoms with Gasteiger partial charge >= 0.3 is 11.9 Å². The number of ether oxygens (including phenoxy) is 8. The molecule has 6 unspecified atom stereocenters. The summed E-state index contributed by atoms with van der Waals surface area (Å²) >= 11 is 0. The molecular formula is C36H62O10. The number of unbranched alkanes of at least 4 members (excludes halogenated alkanes) is 2. The van der Waals surface area contributed by atoms with Gasteiger partial charge in [0.25, 0.3) is 0 Å². The van der Waals surface area contributed by atoms with Crippen molar-refractivity contribution in [3.63, 3.8) is 0 Å². The van der Waals surface area contributed by atoms with Crippen molar-refractivity contribution in [3.05, 3.63) is 35.4 Å². The minimum atomic E-state index is -0.834. The van der Waals surface area contributed by atoms with Gasteiger partial charge in [-0.2, -0.15) is 0 Å². The van der Waals surface area contributed by atoms with E-state index in [1.807, 2.05) is 0 Å². The van der Waals surface area contributed by atoms with Crippen LogP contribution in [0.5, 0.6) is 0 Å². The van der Waals surface area contributed by atoms with Gasteiger partial charge < -0.3 is 37.9 Å². The summed E-state index contributed by atoms with van der Waals surface area (Å²) in [6.45, 7) is 18.7. The third-order valence-electron chi connectivity index (χ3n) is 7.62. The van der Waals surface area contributed by atoms with Gasteiger partial charge in [-0.05, 0) is 76.6 Å². The molecule has 1 aromatic carbocycles. The molecule has 266 valence electrons. The Balaban J connectivity index is 2.31. The van der Waals surface area contributed by atoms with E-state index >= 15 is 0 Å². The summed E-state index contributed by atoms with van der Waals surface area (Å²) in [6.07, 6.45) is 6.58. The molecule has 0 aliphatic carbocycles. The molecule has 0 amide bonds. The van der Waals surface area contributed by atoms with Gasteiger partial charge in [0.15, 0.2) is 12.6 Å². The second kappa shape index (κ2) is 25.9. The molecular weight excluding hydrogens is 592 g/mol. The fourth-order valence-corrected chi connectivity index (χ4v) is 4.70. The summed E-state index contributed by atoms with van der Waals surface area (Å²) in [5, 5.41) is 0. The molecule has 0 bridgehead atoms. The van der Waals surface area contributed by atoms with E-state index in [1.54, 1.807) is 27.7 Å². The lowest BCUT2D eigenvalue weighted by Gasteiger charge is -2.20. The highest BCUT2D eigenvalue weighted by atomic mass is 16.8. The van der Waals surface area contributed by atoms with Crippen LogP contribution in [0.4, 0.5) is 0 Å². The SMILES string of the molecule is CCCCC(CC)COCCOC(C)OC(C)OC(=O)c1ccc(C(=O)OC(C)OC(C)OCCOCC(CC)CCCC)cc1. The lowest BCUT2D eigenvalue weighted by molar-refractivity contribution is -0.217. The zero-order chi connectivity index (χ0) is 34.2. The summed E-state index contributed by atoms with van der Waals surface area (Å²) < 4.78 is 44.8. The lowest BCUT2D eigenvalue weighted by Crippen LogP contribution is -2.26. The van der Waals surface area contributed by atoms with Crippen LogP contribution in [0.3, 0.4) is 0 Å². The normalized spacial score (nSPS) is 15.5. The van der Waals surface area contributed by atoms with Crippen LogP contribution in [-0.4, -0.2) is 76.7 Å². The Labute approximate surface area is 278 Å². The quantitative estimate of drug-likeness (QED) is 0.0502. The van der Waals surface area contributed by atoms with Crippen molar-refractivity contribution < 1.29 is 47.5 Å². The first kappa shape index (κ1) is 41.9. The summed E-state index contributed by atoms with van der Waals surface area (Å²) in [6, 6.07) is 5.98. The number of benzene rings is 1. The standard InChI is InChI=1S/C36H62O10/c1-9-13-15-31(11-3)25-39-21-23-41-27(5)43-29(7)45-35(37)33-17-19-34(20-18-33)36(38)46-30(8)44-28(6)42-24-22-40-26-32(12-4)16-14-10-2/h17-20,27-32H,9-16,21-26H2,1-8H3. The van der Waals surface area contributed by atoms with Crippen molar-refractivity contribution in [3.8, 4) is 0 Å². The molecule has 46 heavy (non-hydrogen) atoms. The minimum absolute atomic E-state index is 0.270. The third-order valence-corrected chi connectivity index (χ3v) is 7.62. The molecule has 0 aromatic heterocycles. The highest BCUT2D eigenvalue weighted by Gasteiger charge is 2.19. The van der Waals surface area contributed by atoms with Crippen molar-refractivity contribution in [1.82, 2.24) is 0 Å². The molecule has 0 aliphatic heterocycles. The van der Waals surface area contributed by atoms with Crippen molar-refractivity contribution in [2.75, 3.05) is 39.6 Å². The molecule has 10 heteroatoms. The average Bonchev–Trinajstić information content (AvgIpc) is 3.03. The van der Waals surface area contributed by atoms with E-state index in [1.165, 1.54) is 62.8 Å². The smallest absolute Gasteiger partial charge is 0.340 e. The van der Waals surface area contributed by atoms with Crippen molar-refractivity contribution in [2.24, 2.45) is 11.8 Å². The van der Waals surface area contributed by atoms with E-state index in [4.69, 9.17) is 37.9 Å². The Kier molecular flexibility index (Phi) is 23.7. The monoisotopic (exact) mass is 654 g/mol. The molecule has 0 radical (unpaired) electrons. The summed E-state index contributed by atoms with van der Waals surface area (Å²) in [5.41, 5.74) is 0.540. The van der Waals surface area contributed by atoms with Crippen molar-refractivity contribution in [2.45, 2.75) is 132 Å². The number of hydrogen-bond acceptors (Lipinski definition) is 10.